The summed E-state index contributed by atoms with van der Waals surface area (Å²) in [5.41, 5.74) is 4.95. The fourth-order valence-electron chi connectivity index (χ4n) is 3.35. The van der Waals surface area contributed by atoms with Crippen molar-refractivity contribution in [2.45, 2.75) is 53.1 Å². The van der Waals surface area contributed by atoms with Crippen LogP contribution >= 0.6 is 0 Å². The number of ether oxygens (including phenoxy) is 1. The quantitative estimate of drug-likeness (QED) is 0.472. The third kappa shape index (κ3) is 5.64. The molecule has 4 nitrogen and oxygen atoms in total. The van der Waals surface area contributed by atoms with Gasteiger partial charge in [0.2, 0.25) is 0 Å². The Morgan fingerprint density at radius 3 is 2.22 bits per heavy atom. The summed E-state index contributed by atoms with van der Waals surface area (Å²) in [6.45, 7) is 12.1. The molecule has 0 saturated carbocycles. The monoisotopic (exact) mass is 429 g/mol. The number of benzene rings is 3. The van der Waals surface area contributed by atoms with E-state index in [0.29, 0.717) is 22.6 Å². The van der Waals surface area contributed by atoms with Crippen molar-refractivity contribution in [2.24, 2.45) is 0 Å². The van der Waals surface area contributed by atoms with Crippen molar-refractivity contribution < 1.29 is 14.3 Å². The normalized spacial score (nSPS) is 12.2. The molecule has 0 aliphatic carbocycles. The van der Waals surface area contributed by atoms with E-state index in [9.17, 15) is 9.59 Å². The lowest BCUT2D eigenvalue weighted by Crippen LogP contribution is -2.30. The van der Waals surface area contributed by atoms with E-state index in [-0.39, 0.29) is 17.1 Å². The Balaban J connectivity index is 1.70. The molecule has 0 spiro atoms. The molecule has 0 bridgehead atoms. The van der Waals surface area contributed by atoms with Crippen molar-refractivity contribution in [2.75, 3.05) is 5.32 Å². The molecule has 0 fully saturated rings. The zero-order chi connectivity index (χ0) is 23.5. The van der Waals surface area contributed by atoms with Gasteiger partial charge in [0.1, 0.15) is 5.75 Å². The van der Waals surface area contributed by atoms with E-state index in [2.05, 4.69) is 26.1 Å². The minimum absolute atomic E-state index is 0.0293. The molecule has 3 aromatic carbocycles. The highest BCUT2D eigenvalue weighted by molar-refractivity contribution is 6.09. The Morgan fingerprint density at radius 1 is 0.875 bits per heavy atom. The van der Waals surface area contributed by atoms with Gasteiger partial charge in [-0.1, -0.05) is 69.3 Å². The lowest BCUT2D eigenvalue weighted by molar-refractivity contribution is -0.122. The fourth-order valence-corrected chi connectivity index (χ4v) is 3.35. The zero-order valence-electron chi connectivity index (χ0n) is 19.7. The first-order valence-electron chi connectivity index (χ1n) is 10.8. The summed E-state index contributed by atoms with van der Waals surface area (Å²) < 4.78 is 5.87. The van der Waals surface area contributed by atoms with Crippen molar-refractivity contribution in [3.05, 3.63) is 94.5 Å². The number of carbonyl (C=O) groups is 2. The number of ketones is 1. The Kier molecular flexibility index (Phi) is 6.83. The van der Waals surface area contributed by atoms with Crippen LogP contribution in [0.1, 0.15) is 60.3 Å². The number of hydrogen-bond acceptors (Lipinski definition) is 3. The molecule has 0 saturated heterocycles. The SMILES string of the molecule is Cc1ccc(C)c(O[C@@H](C)C(=O)Nc2cccc(C(=O)c3ccc(C(C)(C)C)cc3)c2)c1. The van der Waals surface area contributed by atoms with E-state index in [0.717, 1.165) is 11.1 Å². The van der Waals surface area contributed by atoms with Crippen LogP contribution in [0, 0.1) is 13.8 Å². The van der Waals surface area contributed by atoms with Crippen LogP contribution in [0.4, 0.5) is 5.69 Å². The van der Waals surface area contributed by atoms with Crippen LogP contribution in [0.15, 0.2) is 66.7 Å². The van der Waals surface area contributed by atoms with Crippen LogP contribution in [-0.2, 0) is 10.2 Å². The number of rotatable bonds is 6. The third-order valence-electron chi connectivity index (χ3n) is 5.42. The predicted octanol–water partition coefficient (Wildman–Crippen LogP) is 6.24. The van der Waals surface area contributed by atoms with E-state index in [1.165, 1.54) is 5.56 Å². The standard InChI is InChI=1S/C28H31NO3/c1-18-10-11-19(2)25(16-18)32-20(3)27(31)29-24-9-7-8-22(17-24)26(30)21-12-14-23(15-13-21)28(4,5)6/h7-17,20H,1-6H3,(H,29,31)/t20-/m0/s1. The van der Waals surface area contributed by atoms with Gasteiger partial charge in [0.05, 0.1) is 0 Å². The Bertz CT molecular complexity index is 1120. The van der Waals surface area contributed by atoms with Gasteiger partial charge in [0.25, 0.3) is 5.91 Å². The Labute approximate surface area is 190 Å². The number of nitrogens with one attached hydrogen (secondary N) is 1. The number of aryl methyl sites for hydroxylation is 2. The second kappa shape index (κ2) is 9.39. The molecule has 0 aliphatic heterocycles. The first-order chi connectivity index (χ1) is 15.0. The largest absolute Gasteiger partial charge is 0.481 e. The van der Waals surface area contributed by atoms with Gasteiger partial charge in [0.15, 0.2) is 11.9 Å². The molecular formula is C28H31NO3. The molecule has 3 aromatic rings. The molecule has 0 radical (unpaired) electrons. The lowest BCUT2D eigenvalue weighted by atomic mass is 9.86. The summed E-state index contributed by atoms with van der Waals surface area (Å²) in [6, 6.07) is 20.6. The summed E-state index contributed by atoms with van der Waals surface area (Å²) in [6.07, 6.45) is -0.681. The second-order valence-corrected chi connectivity index (χ2v) is 9.26. The average molecular weight is 430 g/mol. The first kappa shape index (κ1) is 23.3. The zero-order valence-corrected chi connectivity index (χ0v) is 19.7. The van der Waals surface area contributed by atoms with E-state index >= 15 is 0 Å². The third-order valence-corrected chi connectivity index (χ3v) is 5.42. The minimum atomic E-state index is -0.681. The van der Waals surface area contributed by atoms with Gasteiger partial charge < -0.3 is 10.1 Å². The summed E-state index contributed by atoms with van der Waals surface area (Å²) in [4.78, 5) is 25.6. The van der Waals surface area contributed by atoms with Crippen LogP contribution in [0.25, 0.3) is 0 Å². The smallest absolute Gasteiger partial charge is 0.265 e. The van der Waals surface area contributed by atoms with E-state index in [1.807, 2.05) is 56.3 Å². The minimum Gasteiger partial charge on any atom is -0.481 e. The fraction of sp³-hybridized carbons (Fsp3) is 0.286. The van der Waals surface area contributed by atoms with Crippen LogP contribution in [0.2, 0.25) is 0 Å². The molecule has 166 valence electrons. The lowest BCUT2D eigenvalue weighted by Gasteiger charge is -2.19. The Hall–Kier alpha value is -3.40. The maximum atomic E-state index is 13.0. The van der Waals surface area contributed by atoms with Gasteiger partial charge in [-0.15, -0.1) is 0 Å². The number of anilines is 1. The van der Waals surface area contributed by atoms with Crippen LogP contribution in [-0.4, -0.2) is 17.8 Å². The van der Waals surface area contributed by atoms with Gasteiger partial charge in [-0.25, -0.2) is 0 Å². The predicted molar refractivity (Wildman–Crippen MR) is 130 cm³/mol. The van der Waals surface area contributed by atoms with E-state index in [1.54, 1.807) is 31.2 Å². The molecule has 1 amide bonds. The summed E-state index contributed by atoms with van der Waals surface area (Å²) in [5, 5.41) is 2.86. The van der Waals surface area contributed by atoms with Gasteiger partial charge in [-0.2, -0.15) is 0 Å². The van der Waals surface area contributed by atoms with E-state index in [4.69, 9.17) is 4.74 Å². The van der Waals surface area contributed by atoms with Crippen LogP contribution in [0.5, 0.6) is 5.75 Å². The molecule has 32 heavy (non-hydrogen) atoms. The van der Waals surface area contributed by atoms with Crippen molar-refractivity contribution in [3.8, 4) is 5.75 Å². The van der Waals surface area contributed by atoms with Gasteiger partial charge >= 0.3 is 0 Å². The molecule has 0 unspecified atom stereocenters. The molecule has 1 atom stereocenters. The molecule has 0 aromatic heterocycles. The first-order valence-corrected chi connectivity index (χ1v) is 10.8. The summed E-state index contributed by atoms with van der Waals surface area (Å²) in [5.74, 6) is 0.335. The van der Waals surface area contributed by atoms with Crippen molar-refractivity contribution in [1.82, 2.24) is 0 Å². The highest BCUT2D eigenvalue weighted by Crippen LogP contribution is 2.24. The molecule has 4 heteroatoms. The topological polar surface area (TPSA) is 55.4 Å². The molecule has 0 heterocycles. The van der Waals surface area contributed by atoms with Gasteiger partial charge in [-0.05, 0) is 61.1 Å². The number of hydrogen-bond donors (Lipinski definition) is 1. The van der Waals surface area contributed by atoms with Gasteiger partial charge in [-0.3, -0.25) is 9.59 Å². The van der Waals surface area contributed by atoms with Crippen molar-refractivity contribution in [1.29, 1.82) is 0 Å². The van der Waals surface area contributed by atoms with Gasteiger partial charge in [0, 0.05) is 16.8 Å². The molecule has 3 rings (SSSR count). The van der Waals surface area contributed by atoms with Crippen molar-refractivity contribution in [3.63, 3.8) is 0 Å². The maximum absolute atomic E-state index is 13.0. The molecule has 0 aliphatic rings. The van der Waals surface area contributed by atoms with Crippen molar-refractivity contribution >= 4 is 17.4 Å². The Morgan fingerprint density at radius 2 is 1.56 bits per heavy atom. The highest BCUT2D eigenvalue weighted by atomic mass is 16.5. The number of amides is 1. The van der Waals surface area contributed by atoms with E-state index < -0.39 is 6.10 Å². The van der Waals surface area contributed by atoms with Crippen LogP contribution in [0.3, 0.4) is 0 Å². The average Bonchev–Trinajstić information content (AvgIpc) is 2.75. The molecular weight excluding hydrogens is 398 g/mol. The van der Waals surface area contributed by atoms with Crippen LogP contribution < -0.4 is 10.1 Å². The number of carbonyl (C=O) groups excluding carboxylic acids is 2. The highest BCUT2D eigenvalue weighted by Gasteiger charge is 2.18. The maximum Gasteiger partial charge on any atom is 0.265 e. The summed E-state index contributed by atoms with van der Waals surface area (Å²) >= 11 is 0. The molecule has 1 N–H and O–H groups in total. The summed E-state index contributed by atoms with van der Waals surface area (Å²) in [7, 11) is 0. The second-order valence-electron chi connectivity index (χ2n) is 9.26.